The van der Waals surface area contributed by atoms with Gasteiger partial charge in [0.25, 0.3) is 0 Å². The number of esters is 1. The molecule has 144 valence electrons. The molecule has 1 saturated heterocycles. The molecule has 2 aromatic heterocycles. The van der Waals surface area contributed by atoms with Crippen molar-refractivity contribution in [1.29, 1.82) is 0 Å². The fourth-order valence-corrected chi connectivity index (χ4v) is 3.68. The topological polar surface area (TPSA) is 60.2 Å². The van der Waals surface area contributed by atoms with Gasteiger partial charge in [0, 0.05) is 36.6 Å². The Morgan fingerprint density at radius 2 is 2.19 bits per heavy atom. The number of nitrogens with zero attached hydrogens (tertiary/aromatic N) is 4. The largest absolute Gasteiger partial charge is 0.462 e. The number of aryl methyl sites for hydroxylation is 1. The maximum absolute atomic E-state index is 12.3. The van der Waals surface area contributed by atoms with E-state index in [9.17, 15) is 4.79 Å². The van der Waals surface area contributed by atoms with Crippen molar-refractivity contribution >= 4 is 23.8 Å². The fourth-order valence-electron chi connectivity index (χ4n) is 3.52. The molecular formula is C20H25ClN4O2. The Morgan fingerprint density at radius 3 is 2.81 bits per heavy atom. The summed E-state index contributed by atoms with van der Waals surface area (Å²) < 4.78 is 6.93. The number of carbonyl (C=O) groups is 1. The Morgan fingerprint density at radius 1 is 1.44 bits per heavy atom. The molecule has 0 spiro atoms. The van der Waals surface area contributed by atoms with Gasteiger partial charge in [0.15, 0.2) is 0 Å². The number of hydrogen-bond acceptors (Lipinski definition) is 5. The predicted molar refractivity (Wildman–Crippen MR) is 106 cm³/mol. The van der Waals surface area contributed by atoms with Gasteiger partial charge in [-0.3, -0.25) is 9.88 Å². The molecule has 0 N–H and O–H groups in total. The lowest BCUT2D eigenvalue weighted by atomic mass is 9.90. The summed E-state index contributed by atoms with van der Waals surface area (Å²) in [6, 6.07) is 1.67. The van der Waals surface area contributed by atoms with E-state index in [1.165, 1.54) is 5.56 Å². The van der Waals surface area contributed by atoms with E-state index in [2.05, 4.69) is 21.6 Å². The summed E-state index contributed by atoms with van der Waals surface area (Å²) in [5.41, 5.74) is 3.53. The molecular weight excluding hydrogens is 364 g/mol. The van der Waals surface area contributed by atoms with E-state index in [4.69, 9.17) is 16.3 Å². The van der Waals surface area contributed by atoms with Gasteiger partial charge in [-0.15, -0.1) is 0 Å². The third-order valence-corrected chi connectivity index (χ3v) is 5.16. The Kier molecular flexibility index (Phi) is 6.29. The zero-order valence-corrected chi connectivity index (χ0v) is 16.6. The zero-order valence-electron chi connectivity index (χ0n) is 15.8. The summed E-state index contributed by atoms with van der Waals surface area (Å²) in [5.74, 6) is -0.118. The number of hydrogen-bond donors (Lipinski definition) is 0. The molecule has 0 aromatic carbocycles. The van der Waals surface area contributed by atoms with E-state index in [-0.39, 0.29) is 11.9 Å². The first-order valence-electron chi connectivity index (χ1n) is 9.24. The number of piperidine rings is 1. The van der Waals surface area contributed by atoms with Gasteiger partial charge in [-0.05, 0) is 45.8 Å². The molecule has 7 heteroatoms. The van der Waals surface area contributed by atoms with Gasteiger partial charge in [-0.1, -0.05) is 18.2 Å². The SMILES string of the molecule is C=Cn1cc(CN2CCC(c3ncc(Cl)cc3C(=O)OCC)CC2)c(C)n1. The minimum absolute atomic E-state index is 0.231. The van der Waals surface area contributed by atoms with Crippen molar-refractivity contribution < 1.29 is 9.53 Å². The molecule has 0 atom stereocenters. The van der Waals surface area contributed by atoms with Gasteiger partial charge < -0.3 is 4.74 Å². The van der Waals surface area contributed by atoms with Crippen LogP contribution in [0.25, 0.3) is 6.20 Å². The highest BCUT2D eigenvalue weighted by molar-refractivity contribution is 6.30. The second kappa shape index (κ2) is 8.67. The van der Waals surface area contributed by atoms with E-state index < -0.39 is 0 Å². The van der Waals surface area contributed by atoms with Crippen LogP contribution in [-0.4, -0.2) is 45.3 Å². The highest BCUT2D eigenvalue weighted by Crippen LogP contribution is 2.31. The lowest BCUT2D eigenvalue weighted by molar-refractivity contribution is 0.0523. The molecule has 0 amide bonds. The van der Waals surface area contributed by atoms with E-state index >= 15 is 0 Å². The summed E-state index contributed by atoms with van der Waals surface area (Å²) in [6.07, 6.45) is 7.21. The Labute approximate surface area is 164 Å². The average molecular weight is 389 g/mol. The second-order valence-corrected chi connectivity index (χ2v) is 7.20. The van der Waals surface area contributed by atoms with Crippen LogP contribution in [0.1, 0.15) is 53.0 Å². The summed E-state index contributed by atoms with van der Waals surface area (Å²) in [4.78, 5) is 19.2. The van der Waals surface area contributed by atoms with Gasteiger partial charge >= 0.3 is 5.97 Å². The number of ether oxygens (including phenoxy) is 1. The molecule has 1 fully saturated rings. The van der Waals surface area contributed by atoms with Crippen molar-refractivity contribution in [2.45, 2.75) is 39.2 Å². The van der Waals surface area contributed by atoms with Crippen molar-refractivity contribution in [3.8, 4) is 0 Å². The monoisotopic (exact) mass is 388 g/mol. The van der Waals surface area contributed by atoms with Crippen LogP contribution in [0, 0.1) is 6.92 Å². The number of pyridine rings is 1. The third kappa shape index (κ3) is 4.57. The number of aromatic nitrogens is 3. The van der Waals surface area contributed by atoms with Crippen molar-refractivity contribution in [2.75, 3.05) is 19.7 Å². The van der Waals surface area contributed by atoms with Crippen LogP contribution in [0.2, 0.25) is 5.02 Å². The minimum atomic E-state index is -0.350. The third-order valence-electron chi connectivity index (χ3n) is 4.95. The highest BCUT2D eigenvalue weighted by Gasteiger charge is 2.27. The summed E-state index contributed by atoms with van der Waals surface area (Å²) in [7, 11) is 0. The first kappa shape index (κ1) is 19.6. The van der Waals surface area contributed by atoms with Crippen LogP contribution in [0.3, 0.4) is 0 Å². The molecule has 0 radical (unpaired) electrons. The molecule has 2 aromatic rings. The number of rotatable bonds is 6. The van der Waals surface area contributed by atoms with Crippen LogP contribution < -0.4 is 0 Å². The van der Waals surface area contributed by atoms with E-state index in [1.54, 1.807) is 30.1 Å². The number of carbonyl (C=O) groups excluding carboxylic acids is 1. The number of halogens is 1. The van der Waals surface area contributed by atoms with Gasteiger partial charge in [-0.2, -0.15) is 5.10 Å². The molecule has 27 heavy (non-hydrogen) atoms. The molecule has 0 bridgehead atoms. The van der Waals surface area contributed by atoms with Gasteiger partial charge in [-0.25, -0.2) is 9.48 Å². The average Bonchev–Trinajstić information content (AvgIpc) is 3.02. The van der Waals surface area contributed by atoms with E-state index in [1.807, 2.05) is 13.1 Å². The smallest absolute Gasteiger partial charge is 0.340 e. The van der Waals surface area contributed by atoms with Gasteiger partial charge in [0.05, 0.1) is 28.6 Å². The quantitative estimate of drug-likeness (QED) is 0.702. The van der Waals surface area contributed by atoms with Crippen molar-refractivity contribution in [3.63, 3.8) is 0 Å². The summed E-state index contributed by atoms with van der Waals surface area (Å²) >= 11 is 6.05. The van der Waals surface area contributed by atoms with Crippen LogP contribution in [0.5, 0.6) is 0 Å². The van der Waals surface area contributed by atoms with Crippen molar-refractivity contribution in [1.82, 2.24) is 19.7 Å². The lowest BCUT2D eigenvalue weighted by Gasteiger charge is -2.32. The van der Waals surface area contributed by atoms with Crippen molar-refractivity contribution in [2.24, 2.45) is 0 Å². The molecule has 6 nitrogen and oxygen atoms in total. The molecule has 1 aliphatic heterocycles. The first-order valence-corrected chi connectivity index (χ1v) is 9.61. The lowest BCUT2D eigenvalue weighted by Crippen LogP contribution is -2.33. The van der Waals surface area contributed by atoms with E-state index in [0.717, 1.165) is 43.9 Å². The maximum Gasteiger partial charge on any atom is 0.340 e. The first-order chi connectivity index (χ1) is 13.0. The Bertz CT molecular complexity index is 825. The predicted octanol–water partition coefficient (Wildman–Crippen LogP) is 3.90. The van der Waals surface area contributed by atoms with Crippen LogP contribution in [0.4, 0.5) is 0 Å². The normalized spacial score (nSPS) is 15.7. The van der Waals surface area contributed by atoms with Gasteiger partial charge in [0.1, 0.15) is 0 Å². The summed E-state index contributed by atoms with van der Waals surface area (Å²) in [5, 5.41) is 4.86. The van der Waals surface area contributed by atoms with E-state index in [0.29, 0.717) is 17.2 Å². The zero-order chi connectivity index (χ0) is 19.4. The standard InChI is InChI=1S/C20H25ClN4O2/c1-4-25-13-16(14(3)23-25)12-24-8-6-15(7-9-24)19-18(20(26)27-5-2)10-17(21)11-22-19/h4,10-11,13,15H,1,5-9,12H2,2-3H3. The molecule has 3 rings (SSSR count). The highest BCUT2D eigenvalue weighted by atomic mass is 35.5. The Balaban J connectivity index is 1.68. The molecule has 0 aliphatic carbocycles. The minimum Gasteiger partial charge on any atom is -0.462 e. The maximum atomic E-state index is 12.3. The fraction of sp³-hybridized carbons (Fsp3) is 0.450. The van der Waals surface area contributed by atoms with Gasteiger partial charge in [0.2, 0.25) is 0 Å². The molecule has 0 saturated carbocycles. The summed E-state index contributed by atoms with van der Waals surface area (Å²) in [6.45, 7) is 10.6. The molecule has 0 unspecified atom stereocenters. The van der Waals surface area contributed by atoms with Crippen LogP contribution in [-0.2, 0) is 11.3 Å². The van der Waals surface area contributed by atoms with Crippen molar-refractivity contribution in [3.05, 3.63) is 52.6 Å². The molecule has 3 heterocycles. The van der Waals surface area contributed by atoms with Crippen LogP contribution >= 0.6 is 11.6 Å². The Hall–Kier alpha value is -2.18. The number of likely N-dealkylation sites (tertiary alicyclic amines) is 1. The van der Waals surface area contributed by atoms with Crippen LogP contribution in [0.15, 0.2) is 25.0 Å². The molecule has 1 aliphatic rings. The second-order valence-electron chi connectivity index (χ2n) is 6.76.